The molecule has 0 saturated carbocycles. The summed E-state index contributed by atoms with van der Waals surface area (Å²) in [6.07, 6.45) is 2.89. The van der Waals surface area contributed by atoms with Gasteiger partial charge in [-0.15, -0.1) is 0 Å². The van der Waals surface area contributed by atoms with Gasteiger partial charge in [0.05, 0.1) is 5.56 Å². The zero-order chi connectivity index (χ0) is 20.4. The van der Waals surface area contributed by atoms with Gasteiger partial charge in [0.2, 0.25) is 0 Å². The number of pyridine rings is 1. The van der Waals surface area contributed by atoms with Gasteiger partial charge in [-0.3, -0.25) is 9.59 Å². The molecule has 6 heteroatoms. The van der Waals surface area contributed by atoms with E-state index in [0.717, 1.165) is 35.3 Å². The van der Waals surface area contributed by atoms with Crippen LogP contribution < -0.4 is 10.6 Å². The van der Waals surface area contributed by atoms with E-state index in [1.807, 2.05) is 24.3 Å². The number of anilines is 2. The van der Waals surface area contributed by atoms with Gasteiger partial charge >= 0.3 is 0 Å². The molecular formula is C23H20FN3O2. The lowest BCUT2D eigenvalue weighted by atomic mass is 10.0. The number of halogens is 1. The minimum absolute atomic E-state index is 0.0845. The Morgan fingerprint density at radius 1 is 1.10 bits per heavy atom. The average Bonchev–Trinajstić information content (AvgIpc) is 3.17. The first-order valence-corrected chi connectivity index (χ1v) is 9.42. The number of amides is 1. The first kappa shape index (κ1) is 18.8. The van der Waals surface area contributed by atoms with Crippen molar-refractivity contribution in [2.75, 3.05) is 17.2 Å². The Kier molecular flexibility index (Phi) is 5.08. The standard InChI is InChI=1S/C23H20FN3O2/c1-14(28)17-6-5-15(12-20(17)24)11-16-7-9-26-22(13-16)27-23(29)19-3-2-4-21-18(19)8-10-25-21/h2-7,9,12-13,25H,8,10-11H2,1H3,(H,26,27,29). The number of nitrogens with one attached hydrogen (secondary N) is 2. The summed E-state index contributed by atoms with van der Waals surface area (Å²) >= 11 is 0. The van der Waals surface area contributed by atoms with Crippen LogP contribution in [0.1, 0.15) is 44.3 Å². The number of carbonyl (C=O) groups is 2. The van der Waals surface area contributed by atoms with Gasteiger partial charge in [-0.2, -0.15) is 0 Å². The fraction of sp³-hybridized carbons (Fsp3) is 0.174. The van der Waals surface area contributed by atoms with E-state index < -0.39 is 5.82 Å². The Bertz CT molecular complexity index is 1110. The highest BCUT2D eigenvalue weighted by Gasteiger charge is 2.19. The topological polar surface area (TPSA) is 71.1 Å². The van der Waals surface area contributed by atoms with Crippen molar-refractivity contribution in [3.8, 4) is 0 Å². The van der Waals surface area contributed by atoms with Crippen molar-refractivity contribution in [2.24, 2.45) is 0 Å². The number of hydrogen-bond acceptors (Lipinski definition) is 4. The molecule has 29 heavy (non-hydrogen) atoms. The van der Waals surface area contributed by atoms with E-state index in [-0.39, 0.29) is 17.3 Å². The predicted octanol–water partition coefficient (Wildman–Crippen LogP) is 4.23. The second-order valence-corrected chi connectivity index (χ2v) is 7.06. The van der Waals surface area contributed by atoms with E-state index in [1.54, 1.807) is 18.3 Å². The number of Topliss-reactive ketones (excluding diaryl/α,β-unsaturated/α-hetero) is 1. The highest BCUT2D eigenvalue weighted by atomic mass is 19.1. The van der Waals surface area contributed by atoms with E-state index >= 15 is 0 Å². The molecule has 1 amide bonds. The molecule has 0 radical (unpaired) electrons. The Balaban J connectivity index is 1.51. The number of hydrogen-bond donors (Lipinski definition) is 2. The Morgan fingerprint density at radius 3 is 2.72 bits per heavy atom. The number of ketones is 1. The van der Waals surface area contributed by atoms with Crippen molar-refractivity contribution in [2.45, 2.75) is 19.8 Å². The highest BCUT2D eigenvalue weighted by molar-refractivity contribution is 6.06. The summed E-state index contributed by atoms with van der Waals surface area (Å²) in [7, 11) is 0. The van der Waals surface area contributed by atoms with Crippen LogP contribution in [0.15, 0.2) is 54.7 Å². The van der Waals surface area contributed by atoms with Gasteiger partial charge in [0.25, 0.3) is 5.91 Å². The van der Waals surface area contributed by atoms with Crippen LogP contribution in [0.4, 0.5) is 15.9 Å². The first-order chi connectivity index (χ1) is 14.0. The molecule has 0 fully saturated rings. The third-order valence-electron chi connectivity index (χ3n) is 5.00. The largest absolute Gasteiger partial charge is 0.384 e. The zero-order valence-corrected chi connectivity index (χ0v) is 16.0. The van der Waals surface area contributed by atoms with Crippen LogP contribution in [0.25, 0.3) is 0 Å². The fourth-order valence-electron chi connectivity index (χ4n) is 3.58. The maximum Gasteiger partial charge on any atom is 0.257 e. The van der Waals surface area contributed by atoms with Crippen LogP contribution in [0.5, 0.6) is 0 Å². The van der Waals surface area contributed by atoms with E-state index in [9.17, 15) is 14.0 Å². The Labute approximate surface area is 168 Å². The predicted molar refractivity (Wildman–Crippen MR) is 110 cm³/mol. The highest BCUT2D eigenvalue weighted by Crippen LogP contribution is 2.26. The molecule has 0 bridgehead atoms. The molecule has 4 rings (SSSR count). The van der Waals surface area contributed by atoms with Crippen molar-refractivity contribution in [1.82, 2.24) is 4.98 Å². The van der Waals surface area contributed by atoms with E-state index in [1.165, 1.54) is 19.1 Å². The lowest BCUT2D eigenvalue weighted by molar-refractivity contribution is 0.100. The molecule has 0 atom stereocenters. The number of carbonyl (C=O) groups excluding carboxylic acids is 2. The zero-order valence-electron chi connectivity index (χ0n) is 16.0. The van der Waals surface area contributed by atoms with Crippen molar-refractivity contribution < 1.29 is 14.0 Å². The molecule has 2 aromatic carbocycles. The summed E-state index contributed by atoms with van der Waals surface area (Å²) in [6, 6.07) is 13.8. The summed E-state index contributed by atoms with van der Waals surface area (Å²) < 4.78 is 14.1. The SMILES string of the molecule is CC(=O)c1ccc(Cc2ccnc(NC(=O)c3cccc4c3CCN4)c2)cc1F. The number of rotatable bonds is 5. The summed E-state index contributed by atoms with van der Waals surface area (Å²) in [5.74, 6) is -0.585. The summed E-state index contributed by atoms with van der Waals surface area (Å²) in [4.78, 5) is 28.3. The Morgan fingerprint density at radius 2 is 1.93 bits per heavy atom. The third-order valence-corrected chi connectivity index (χ3v) is 5.00. The molecule has 5 nitrogen and oxygen atoms in total. The molecule has 146 valence electrons. The van der Waals surface area contributed by atoms with Crippen molar-refractivity contribution >= 4 is 23.2 Å². The van der Waals surface area contributed by atoms with Crippen molar-refractivity contribution in [3.63, 3.8) is 0 Å². The van der Waals surface area contributed by atoms with E-state index in [0.29, 0.717) is 17.8 Å². The van der Waals surface area contributed by atoms with Gasteiger partial charge in [0.1, 0.15) is 11.6 Å². The lowest BCUT2D eigenvalue weighted by Crippen LogP contribution is -2.15. The number of nitrogens with zero attached hydrogens (tertiary/aromatic N) is 1. The Hall–Kier alpha value is -3.54. The molecule has 3 aromatic rings. The van der Waals surface area contributed by atoms with E-state index in [2.05, 4.69) is 15.6 Å². The summed E-state index contributed by atoms with van der Waals surface area (Å²) in [5.41, 5.74) is 4.36. The minimum atomic E-state index is -0.524. The molecule has 0 saturated heterocycles. The normalized spacial score (nSPS) is 12.2. The smallest absolute Gasteiger partial charge is 0.257 e. The van der Waals surface area contributed by atoms with Crippen LogP contribution in [0, 0.1) is 5.82 Å². The van der Waals surface area contributed by atoms with Crippen molar-refractivity contribution in [3.05, 3.63) is 88.4 Å². The van der Waals surface area contributed by atoms with Crippen LogP contribution >= 0.6 is 0 Å². The molecule has 0 unspecified atom stereocenters. The third kappa shape index (κ3) is 4.01. The van der Waals surface area contributed by atoms with Crippen LogP contribution in [0.2, 0.25) is 0 Å². The average molecular weight is 389 g/mol. The molecule has 1 aliphatic rings. The summed E-state index contributed by atoms with van der Waals surface area (Å²) in [5, 5.41) is 6.12. The molecule has 2 N–H and O–H groups in total. The van der Waals surface area contributed by atoms with Gasteiger partial charge < -0.3 is 10.6 Å². The number of fused-ring (bicyclic) bond motifs is 1. The van der Waals surface area contributed by atoms with Crippen LogP contribution in [-0.4, -0.2) is 23.2 Å². The number of benzene rings is 2. The maximum atomic E-state index is 14.1. The van der Waals surface area contributed by atoms with Gasteiger partial charge in [-0.1, -0.05) is 12.1 Å². The summed E-state index contributed by atoms with van der Waals surface area (Å²) in [6.45, 7) is 2.17. The fourth-order valence-corrected chi connectivity index (χ4v) is 3.58. The molecule has 0 aliphatic carbocycles. The molecule has 1 aromatic heterocycles. The first-order valence-electron chi connectivity index (χ1n) is 9.42. The van der Waals surface area contributed by atoms with Gasteiger partial charge in [0.15, 0.2) is 5.78 Å². The maximum absolute atomic E-state index is 14.1. The van der Waals surface area contributed by atoms with Gasteiger partial charge in [-0.25, -0.2) is 9.37 Å². The van der Waals surface area contributed by atoms with Crippen LogP contribution in [0.3, 0.4) is 0 Å². The molecule has 1 aliphatic heterocycles. The van der Waals surface area contributed by atoms with Gasteiger partial charge in [-0.05, 0) is 72.9 Å². The second-order valence-electron chi connectivity index (χ2n) is 7.06. The quantitative estimate of drug-likeness (QED) is 0.641. The number of aromatic nitrogens is 1. The molecule has 0 spiro atoms. The van der Waals surface area contributed by atoms with Gasteiger partial charge in [0, 0.05) is 24.0 Å². The molecular weight excluding hydrogens is 369 g/mol. The monoisotopic (exact) mass is 389 g/mol. The van der Waals surface area contributed by atoms with Crippen LogP contribution in [-0.2, 0) is 12.8 Å². The second kappa shape index (κ2) is 7.83. The van der Waals surface area contributed by atoms with Crippen molar-refractivity contribution in [1.29, 1.82) is 0 Å². The lowest BCUT2D eigenvalue weighted by Gasteiger charge is -2.10. The van der Waals surface area contributed by atoms with E-state index in [4.69, 9.17) is 0 Å². The molecule has 2 heterocycles. The minimum Gasteiger partial charge on any atom is -0.384 e.